The lowest BCUT2D eigenvalue weighted by molar-refractivity contribution is 0.318. The first kappa shape index (κ1) is 13.4. The molecule has 0 saturated carbocycles. The summed E-state index contributed by atoms with van der Waals surface area (Å²) in [5.74, 6) is 0.0783. The molecule has 5 nitrogen and oxygen atoms in total. The summed E-state index contributed by atoms with van der Waals surface area (Å²) in [6.45, 7) is 3.92. The molecule has 19 heavy (non-hydrogen) atoms. The summed E-state index contributed by atoms with van der Waals surface area (Å²) < 4.78 is 0. The predicted octanol–water partition coefficient (Wildman–Crippen LogP) is 2.34. The molecule has 2 rings (SSSR count). The molecule has 1 aromatic carbocycles. The average Bonchev–Trinajstić information content (AvgIpc) is 2.41. The van der Waals surface area contributed by atoms with Crippen molar-refractivity contribution in [1.29, 1.82) is 0 Å². The Morgan fingerprint density at radius 3 is 2.53 bits per heavy atom. The van der Waals surface area contributed by atoms with E-state index in [0.717, 1.165) is 16.0 Å². The van der Waals surface area contributed by atoms with E-state index in [0.29, 0.717) is 10.7 Å². The molecule has 0 radical (unpaired) electrons. The van der Waals surface area contributed by atoms with Crippen molar-refractivity contribution in [2.75, 3.05) is 0 Å². The zero-order chi connectivity index (χ0) is 13.8. The van der Waals surface area contributed by atoms with E-state index < -0.39 is 0 Å². The molecule has 98 valence electrons. The van der Waals surface area contributed by atoms with Gasteiger partial charge in [0.1, 0.15) is 0 Å². The first-order chi connectivity index (χ1) is 9.10. The lowest BCUT2D eigenvalue weighted by atomic mass is 10.1. The van der Waals surface area contributed by atoms with Crippen molar-refractivity contribution in [3.63, 3.8) is 0 Å². The van der Waals surface area contributed by atoms with E-state index in [4.69, 9.17) is 10.9 Å². The summed E-state index contributed by atoms with van der Waals surface area (Å²) in [6.07, 6.45) is 3.52. The van der Waals surface area contributed by atoms with Gasteiger partial charge in [0.15, 0.2) is 11.0 Å². The smallest absolute Gasteiger partial charge is 0.192 e. The zero-order valence-electron chi connectivity index (χ0n) is 10.7. The molecule has 0 atom stereocenters. The van der Waals surface area contributed by atoms with Crippen molar-refractivity contribution < 1.29 is 5.21 Å². The van der Waals surface area contributed by atoms with Gasteiger partial charge in [-0.25, -0.2) is 9.97 Å². The zero-order valence-corrected chi connectivity index (χ0v) is 11.5. The number of hydrogen-bond donors (Lipinski definition) is 2. The molecule has 0 unspecified atom stereocenters. The Morgan fingerprint density at radius 1 is 1.21 bits per heavy atom. The lowest BCUT2D eigenvalue weighted by Gasteiger charge is -2.08. The van der Waals surface area contributed by atoms with Crippen LogP contribution in [0.15, 0.2) is 45.8 Å². The second kappa shape index (κ2) is 5.71. The number of nitrogens with two attached hydrogens (primary N) is 1. The third-order valence-corrected chi connectivity index (χ3v) is 3.43. The predicted molar refractivity (Wildman–Crippen MR) is 74.6 cm³/mol. The van der Waals surface area contributed by atoms with E-state index >= 15 is 0 Å². The molecular formula is C13H14N4OS. The van der Waals surface area contributed by atoms with Gasteiger partial charge in [0.2, 0.25) is 0 Å². The summed E-state index contributed by atoms with van der Waals surface area (Å²) >= 11 is 1.39. The highest BCUT2D eigenvalue weighted by atomic mass is 32.2. The van der Waals surface area contributed by atoms with Gasteiger partial charge in [-0.15, -0.1) is 0 Å². The lowest BCUT2D eigenvalue weighted by Crippen LogP contribution is -2.14. The van der Waals surface area contributed by atoms with Gasteiger partial charge in [-0.1, -0.05) is 11.2 Å². The second-order valence-electron chi connectivity index (χ2n) is 4.13. The molecule has 0 spiro atoms. The third kappa shape index (κ3) is 3.23. The number of aryl methyl sites for hydroxylation is 2. The molecule has 1 heterocycles. The SMILES string of the molecule is Cc1cnc(Sc2cc(C)ccc2C(N)=NO)nc1. The van der Waals surface area contributed by atoms with Crippen LogP contribution in [0, 0.1) is 13.8 Å². The van der Waals surface area contributed by atoms with E-state index in [9.17, 15) is 0 Å². The van der Waals surface area contributed by atoms with Crippen LogP contribution >= 0.6 is 11.8 Å². The quantitative estimate of drug-likeness (QED) is 0.295. The van der Waals surface area contributed by atoms with Gasteiger partial charge in [-0.2, -0.15) is 0 Å². The van der Waals surface area contributed by atoms with E-state index in [1.54, 1.807) is 12.4 Å². The molecule has 1 aromatic heterocycles. The van der Waals surface area contributed by atoms with Crippen molar-refractivity contribution in [3.8, 4) is 0 Å². The van der Waals surface area contributed by atoms with Crippen LogP contribution < -0.4 is 5.73 Å². The summed E-state index contributed by atoms with van der Waals surface area (Å²) in [6, 6.07) is 5.69. The normalized spacial score (nSPS) is 11.6. The molecule has 3 N–H and O–H groups in total. The summed E-state index contributed by atoms with van der Waals surface area (Å²) in [5.41, 5.74) is 8.43. The minimum Gasteiger partial charge on any atom is -0.409 e. The largest absolute Gasteiger partial charge is 0.409 e. The highest BCUT2D eigenvalue weighted by Crippen LogP contribution is 2.28. The standard InChI is InChI=1S/C13H14N4OS/c1-8-3-4-10(12(14)17-18)11(5-8)19-13-15-6-9(2)7-16-13/h3-7,18H,1-2H3,(H2,14,17). The minimum atomic E-state index is 0.0783. The van der Waals surface area contributed by atoms with E-state index in [1.807, 2.05) is 32.0 Å². The van der Waals surface area contributed by atoms with Crippen molar-refractivity contribution in [2.24, 2.45) is 10.9 Å². The van der Waals surface area contributed by atoms with Crippen LogP contribution in [0.1, 0.15) is 16.7 Å². The molecule has 0 fully saturated rings. The van der Waals surface area contributed by atoms with Crippen molar-refractivity contribution in [1.82, 2.24) is 9.97 Å². The van der Waals surface area contributed by atoms with Gasteiger partial charge >= 0.3 is 0 Å². The highest BCUT2D eigenvalue weighted by molar-refractivity contribution is 7.99. The van der Waals surface area contributed by atoms with Crippen LogP contribution in [0.3, 0.4) is 0 Å². The monoisotopic (exact) mass is 274 g/mol. The summed E-state index contributed by atoms with van der Waals surface area (Å²) in [4.78, 5) is 9.34. The summed E-state index contributed by atoms with van der Waals surface area (Å²) in [5, 5.41) is 12.5. The first-order valence-corrected chi connectivity index (χ1v) is 6.47. The highest BCUT2D eigenvalue weighted by Gasteiger charge is 2.10. The van der Waals surface area contributed by atoms with Crippen LogP contribution in [0.5, 0.6) is 0 Å². The Labute approximate surface area is 115 Å². The Bertz CT molecular complexity index is 611. The Morgan fingerprint density at radius 2 is 1.89 bits per heavy atom. The maximum Gasteiger partial charge on any atom is 0.192 e. The number of rotatable bonds is 3. The fraction of sp³-hybridized carbons (Fsp3) is 0.154. The van der Waals surface area contributed by atoms with Gasteiger partial charge < -0.3 is 10.9 Å². The fourth-order valence-electron chi connectivity index (χ4n) is 1.51. The van der Waals surface area contributed by atoms with E-state index in [-0.39, 0.29) is 5.84 Å². The molecule has 6 heteroatoms. The van der Waals surface area contributed by atoms with Crippen molar-refractivity contribution in [3.05, 3.63) is 47.3 Å². The van der Waals surface area contributed by atoms with E-state index in [2.05, 4.69) is 15.1 Å². The number of hydrogen-bond acceptors (Lipinski definition) is 5. The van der Waals surface area contributed by atoms with Crippen LogP contribution in [-0.2, 0) is 0 Å². The Kier molecular flexibility index (Phi) is 4.01. The second-order valence-corrected chi connectivity index (χ2v) is 5.14. The molecule has 0 saturated heterocycles. The number of benzene rings is 1. The van der Waals surface area contributed by atoms with Gasteiger partial charge in [0.25, 0.3) is 0 Å². The van der Waals surface area contributed by atoms with Gasteiger partial charge in [0.05, 0.1) is 0 Å². The fourth-order valence-corrected chi connectivity index (χ4v) is 2.45. The van der Waals surface area contributed by atoms with Crippen molar-refractivity contribution >= 4 is 17.6 Å². The number of nitrogens with zero attached hydrogens (tertiary/aromatic N) is 3. The average molecular weight is 274 g/mol. The molecule has 0 aliphatic heterocycles. The molecule has 0 bridgehead atoms. The maximum atomic E-state index is 8.81. The minimum absolute atomic E-state index is 0.0783. The molecule has 0 aliphatic rings. The first-order valence-electron chi connectivity index (χ1n) is 5.65. The number of oxime groups is 1. The van der Waals surface area contributed by atoms with Gasteiger partial charge in [-0.05, 0) is 48.9 Å². The van der Waals surface area contributed by atoms with E-state index in [1.165, 1.54) is 11.8 Å². The molecule has 2 aromatic rings. The third-order valence-electron chi connectivity index (χ3n) is 2.48. The van der Waals surface area contributed by atoms with Gasteiger partial charge in [-0.3, -0.25) is 0 Å². The van der Waals surface area contributed by atoms with Crippen LogP contribution in [0.25, 0.3) is 0 Å². The van der Waals surface area contributed by atoms with Crippen LogP contribution in [0.4, 0.5) is 0 Å². The number of amidine groups is 1. The molecular weight excluding hydrogens is 260 g/mol. The van der Waals surface area contributed by atoms with Crippen LogP contribution in [0.2, 0.25) is 0 Å². The molecule has 0 amide bonds. The maximum absolute atomic E-state index is 8.81. The number of aromatic nitrogens is 2. The van der Waals surface area contributed by atoms with Crippen LogP contribution in [-0.4, -0.2) is 21.0 Å². The Balaban J connectivity index is 2.38. The van der Waals surface area contributed by atoms with Crippen molar-refractivity contribution in [2.45, 2.75) is 23.9 Å². The van der Waals surface area contributed by atoms with Gasteiger partial charge in [0, 0.05) is 22.9 Å². The molecule has 0 aliphatic carbocycles. The Hall–Kier alpha value is -2.08. The topological polar surface area (TPSA) is 84.4 Å². The summed E-state index contributed by atoms with van der Waals surface area (Å²) in [7, 11) is 0.